The van der Waals surface area contributed by atoms with Gasteiger partial charge in [0.1, 0.15) is 11.5 Å². The van der Waals surface area contributed by atoms with Crippen LogP contribution in [0.15, 0.2) is 54.3 Å². The summed E-state index contributed by atoms with van der Waals surface area (Å²) in [4.78, 5) is 0. The fourth-order valence-electron chi connectivity index (χ4n) is 1.29. The smallest absolute Gasteiger partial charge is 0.418 e. The van der Waals surface area contributed by atoms with E-state index in [9.17, 15) is 4.57 Å². The Balaban J connectivity index is 2.04. The quantitative estimate of drug-likeness (QED) is 0.404. The van der Waals surface area contributed by atoms with E-state index in [0.29, 0.717) is 11.5 Å². The van der Waals surface area contributed by atoms with Crippen LogP contribution >= 0.6 is 72.0 Å². The Kier molecular flexibility index (Phi) is 6.17. The van der Waals surface area contributed by atoms with Crippen LogP contribution in [0, 0.1) is 0 Å². The molecule has 0 aliphatic rings. The standard InChI is InChI=1S/C12H7Br4O3P/c13-9-3-1-7(5-11(9)15)18-20(17)19-8-2-4-10(14)12(16)6-8/h1-6,20H. The molecule has 0 unspecified atom stereocenters. The Labute approximate surface area is 150 Å². The lowest BCUT2D eigenvalue weighted by Gasteiger charge is -2.09. The summed E-state index contributed by atoms with van der Waals surface area (Å²) in [5, 5.41) is 0. The van der Waals surface area contributed by atoms with E-state index in [1.165, 1.54) is 0 Å². The second-order valence-electron chi connectivity index (χ2n) is 3.61. The lowest BCUT2D eigenvalue weighted by Crippen LogP contribution is -1.89. The van der Waals surface area contributed by atoms with Crippen LogP contribution in [0.1, 0.15) is 0 Å². The predicted octanol–water partition coefficient (Wildman–Crippen LogP) is 6.58. The van der Waals surface area contributed by atoms with Crippen LogP contribution in [0.5, 0.6) is 11.5 Å². The largest absolute Gasteiger partial charge is 0.418 e. The van der Waals surface area contributed by atoms with E-state index in [1.807, 2.05) is 0 Å². The van der Waals surface area contributed by atoms with Gasteiger partial charge >= 0.3 is 8.25 Å². The van der Waals surface area contributed by atoms with Gasteiger partial charge in [-0.05, 0) is 100 Å². The van der Waals surface area contributed by atoms with E-state index in [1.54, 1.807) is 36.4 Å². The van der Waals surface area contributed by atoms with Gasteiger partial charge in [-0.25, -0.2) is 4.57 Å². The topological polar surface area (TPSA) is 35.5 Å². The molecule has 20 heavy (non-hydrogen) atoms. The molecule has 0 bridgehead atoms. The van der Waals surface area contributed by atoms with Gasteiger partial charge in [0.15, 0.2) is 0 Å². The number of hydrogen-bond acceptors (Lipinski definition) is 3. The first-order chi connectivity index (χ1) is 9.45. The van der Waals surface area contributed by atoms with Gasteiger partial charge in [0.25, 0.3) is 0 Å². The van der Waals surface area contributed by atoms with E-state index < -0.39 is 8.25 Å². The van der Waals surface area contributed by atoms with Crippen molar-refractivity contribution in [1.82, 2.24) is 0 Å². The third kappa shape index (κ3) is 4.60. The molecule has 8 heteroatoms. The molecule has 0 saturated carbocycles. The fourth-order valence-corrected chi connectivity index (χ4v) is 3.18. The molecule has 106 valence electrons. The SMILES string of the molecule is O=[PH](Oc1ccc(Br)c(Br)c1)Oc1ccc(Br)c(Br)c1. The van der Waals surface area contributed by atoms with E-state index in [2.05, 4.69) is 63.7 Å². The van der Waals surface area contributed by atoms with Gasteiger partial charge in [-0.2, -0.15) is 0 Å². The van der Waals surface area contributed by atoms with Crippen molar-refractivity contribution in [2.75, 3.05) is 0 Å². The third-order valence-electron chi connectivity index (χ3n) is 2.18. The lowest BCUT2D eigenvalue weighted by molar-refractivity contribution is 0.415. The Bertz CT molecular complexity index is 608. The first kappa shape index (κ1) is 16.6. The number of rotatable bonds is 4. The maximum absolute atomic E-state index is 11.9. The third-order valence-corrected chi connectivity index (χ3v) is 6.75. The van der Waals surface area contributed by atoms with Gasteiger partial charge in [-0.3, -0.25) is 0 Å². The highest BCUT2D eigenvalue weighted by Gasteiger charge is 2.07. The van der Waals surface area contributed by atoms with E-state index in [-0.39, 0.29) is 0 Å². The van der Waals surface area contributed by atoms with Gasteiger partial charge in [-0.1, -0.05) is 0 Å². The van der Waals surface area contributed by atoms with Gasteiger partial charge in [0.05, 0.1) is 0 Å². The van der Waals surface area contributed by atoms with Crippen molar-refractivity contribution >= 4 is 72.0 Å². The Morgan fingerprint density at radius 3 is 1.45 bits per heavy atom. The molecule has 0 N–H and O–H groups in total. The summed E-state index contributed by atoms with van der Waals surface area (Å²) in [6.45, 7) is 0. The minimum Gasteiger partial charge on any atom is -0.418 e. The molecule has 0 saturated heterocycles. The number of benzene rings is 2. The molecule has 0 fully saturated rings. The molecular weight excluding hydrogens is 543 g/mol. The summed E-state index contributed by atoms with van der Waals surface area (Å²) >= 11 is 13.4. The molecule has 0 radical (unpaired) electrons. The zero-order valence-electron chi connectivity index (χ0n) is 9.70. The van der Waals surface area contributed by atoms with Crippen LogP contribution in [-0.2, 0) is 4.57 Å². The molecule has 0 atom stereocenters. The zero-order chi connectivity index (χ0) is 14.7. The van der Waals surface area contributed by atoms with Crippen molar-refractivity contribution < 1.29 is 13.6 Å². The van der Waals surface area contributed by atoms with E-state index >= 15 is 0 Å². The molecule has 0 heterocycles. The zero-order valence-corrected chi connectivity index (χ0v) is 17.0. The van der Waals surface area contributed by atoms with Crippen LogP contribution in [0.3, 0.4) is 0 Å². The summed E-state index contributed by atoms with van der Waals surface area (Å²) in [6, 6.07) is 10.4. The highest BCUT2D eigenvalue weighted by molar-refractivity contribution is 9.13. The maximum atomic E-state index is 11.9. The molecule has 0 aliphatic carbocycles. The second kappa shape index (κ2) is 7.45. The minimum absolute atomic E-state index is 0.472. The summed E-state index contributed by atoms with van der Waals surface area (Å²) in [7, 11) is -2.67. The van der Waals surface area contributed by atoms with Gasteiger partial charge < -0.3 is 9.05 Å². The average Bonchev–Trinajstić information content (AvgIpc) is 2.38. The summed E-state index contributed by atoms with van der Waals surface area (Å²) < 4.78 is 25.8. The number of hydrogen-bond donors (Lipinski definition) is 0. The molecular formula is C12H7Br4O3P. The fraction of sp³-hybridized carbons (Fsp3) is 0. The molecule has 0 spiro atoms. The average molecular weight is 550 g/mol. The van der Waals surface area contributed by atoms with Crippen LogP contribution in [0.2, 0.25) is 0 Å². The van der Waals surface area contributed by atoms with Gasteiger partial charge in [-0.15, -0.1) is 0 Å². The van der Waals surface area contributed by atoms with Crippen molar-refractivity contribution in [3.05, 3.63) is 54.3 Å². The van der Waals surface area contributed by atoms with Crippen molar-refractivity contribution in [2.24, 2.45) is 0 Å². The Hall–Kier alpha value is 0.190. The highest BCUT2D eigenvalue weighted by Crippen LogP contribution is 2.36. The summed E-state index contributed by atoms with van der Waals surface area (Å²) in [5.74, 6) is 0.945. The minimum atomic E-state index is -2.67. The summed E-state index contributed by atoms with van der Waals surface area (Å²) in [6.07, 6.45) is 0. The van der Waals surface area contributed by atoms with Crippen molar-refractivity contribution in [3.8, 4) is 11.5 Å². The molecule has 0 aromatic heterocycles. The van der Waals surface area contributed by atoms with Crippen molar-refractivity contribution in [3.63, 3.8) is 0 Å². The van der Waals surface area contributed by atoms with E-state index in [4.69, 9.17) is 9.05 Å². The molecule has 3 nitrogen and oxygen atoms in total. The first-order valence-electron chi connectivity index (χ1n) is 5.25. The van der Waals surface area contributed by atoms with Crippen LogP contribution in [0.25, 0.3) is 0 Å². The monoisotopic (exact) mass is 546 g/mol. The van der Waals surface area contributed by atoms with Crippen LogP contribution < -0.4 is 9.05 Å². The molecule has 2 aromatic rings. The van der Waals surface area contributed by atoms with Gasteiger partial charge in [0.2, 0.25) is 0 Å². The molecule has 2 aromatic carbocycles. The van der Waals surface area contributed by atoms with Gasteiger partial charge in [0, 0.05) is 17.9 Å². The molecule has 0 amide bonds. The van der Waals surface area contributed by atoms with Crippen molar-refractivity contribution in [2.45, 2.75) is 0 Å². The molecule has 0 aliphatic heterocycles. The predicted molar refractivity (Wildman–Crippen MR) is 93.9 cm³/mol. The van der Waals surface area contributed by atoms with E-state index in [0.717, 1.165) is 17.9 Å². The van der Waals surface area contributed by atoms with Crippen LogP contribution in [0.4, 0.5) is 0 Å². The normalized spacial score (nSPS) is 10.7. The second-order valence-corrected chi connectivity index (χ2v) is 7.93. The maximum Gasteiger partial charge on any atom is 0.418 e. The highest BCUT2D eigenvalue weighted by atomic mass is 79.9. The number of halogens is 4. The Morgan fingerprint density at radius 2 is 1.10 bits per heavy atom. The van der Waals surface area contributed by atoms with Crippen molar-refractivity contribution in [1.29, 1.82) is 0 Å². The van der Waals surface area contributed by atoms with Crippen LogP contribution in [-0.4, -0.2) is 0 Å². The summed E-state index contributed by atoms with van der Waals surface area (Å²) in [5.41, 5.74) is 0. The lowest BCUT2D eigenvalue weighted by atomic mass is 10.3. The Morgan fingerprint density at radius 1 is 0.700 bits per heavy atom. The first-order valence-corrected chi connectivity index (χ1v) is 9.65. The molecule has 2 rings (SSSR count).